The van der Waals surface area contributed by atoms with Gasteiger partial charge in [-0.3, -0.25) is 4.79 Å². The Hall–Kier alpha value is -2.02. The van der Waals surface area contributed by atoms with E-state index >= 15 is 0 Å². The molecule has 1 saturated carbocycles. The minimum Gasteiger partial charge on any atom is -0.347 e. The molecule has 0 unspecified atom stereocenters. The molecular formula is C18H21N5OS. The van der Waals surface area contributed by atoms with Crippen LogP contribution in [0.25, 0.3) is 15.9 Å². The summed E-state index contributed by atoms with van der Waals surface area (Å²) >= 11 is 1.77. The zero-order chi connectivity index (χ0) is 17.0. The maximum Gasteiger partial charge on any atom is 0.291 e. The van der Waals surface area contributed by atoms with Crippen LogP contribution in [-0.2, 0) is 12.8 Å². The second-order valence-electron chi connectivity index (χ2n) is 7.18. The number of aryl methyl sites for hydroxylation is 3. The predicted molar refractivity (Wildman–Crippen MR) is 97.3 cm³/mol. The highest BCUT2D eigenvalue weighted by Crippen LogP contribution is 2.38. The normalized spacial score (nSPS) is 18.1. The molecule has 3 aromatic rings. The average molecular weight is 355 g/mol. The van der Waals surface area contributed by atoms with E-state index < -0.39 is 0 Å². The fourth-order valence-electron chi connectivity index (χ4n) is 4.19. The summed E-state index contributed by atoms with van der Waals surface area (Å²) in [5.41, 5.74) is 2.15. The van der Waals surface area contributed by atoms with Gasteiger partial charge in [-0.05, 0) is 44.6 Å². The summed E-state index contributed by atoms with van der Waals surface area (Å²) in [6, 6.07) is 0.262. The lowest BCUT2D eigenvalue weighted by Gasteiger charge is -2.21. The molecule has 0 aliphatic heterocycles. The molecule has 2 aliphatic carbocycles. The molecule has 6 nitrogen and oxygen atoms in total. The molecule has 1 fully saturated rings. The van der Waals surface area contributed by atoms with E-state index in [1.807, 2.05) is 6.92 Å². The van der Waals surface area contributed by atoms with Crippen molar-refractivity contribution in [2.75, 3.05) is 0 Å². The lowest BCUT2D eigenvalue weighted by molar-refractivity contribution is 0.0917. The van der Waals surface area contributed by atoms with E-state index in [4.69, 9.17) is 4.98 Å². The average Bonchev–Trinajstić information content (AvgIpc) is 3.29. The van der Waals surface area contributed by atoms with Gasteiger partial charge in [-0.1, -0.05) is 19.3 Å². The minimum atomic E-state index is -0.157. The molecule has 5 rings (SSSR count). The fraction of sp³-hybridized carbons (Fsp3) is 0.556. The first-order valence-corrected chi connectivity index (χ1v) is 10.0. The molecule has 0 bridgehead atoms. The van der Waals surface area contributed by atoms with Crippen molar-refractivity contribution in [1.82, 2.24) is 24.9 Å². The van der Waals surface area contributed by atoms with Gasteiger partial charge in [0.1, 0.15) is 10.7 Å². The molecule has 1 amide bonds. The van der Waals surface area contributed by atoms with E-state index in [-0.39, 0.29) is 17.8 Å². The summed E-state index contributed by atoms with van der Waals surface area (Å²) in [5, 5.41) is 8.69. The second kappa shape index (κ2) is 5.76. The van der Waals surface area contributed by atoms with Crippen LogP contribution in [0, 0.1) is 6.92 Å². The van der Waals surface area contributed by atoms with Crippen molar-refractivity contribution in [3.05, 3.63) is 22.1 Å². The third-order valence-electron chi connectivity index (χ3n) is 5.45. The number of aromatic nitrogens is 4. The van der Waals surface area contributed by atoms with Gasteiger partial charge in [-0.2, -0.15) is 4.52 Å². The maximum atomic E-state index is 12.6. The van der Waals surface area contributed by atoms with E-state index in [0.29, 0.717) is 0 Å². The van der Waals surface area contributed by atoms with Crippen LogP contribution in [0.1, 0.15) is 65.4 Å². The molecule has 2 aliphatic rings. The standard InChI is InChI=1S/C18H21N5OS/c1-10-19-18-14(12-8-5-9-13(12)25-18)16-21-15(22-23(10)16)17(24)20-11-6-3-2-4-7-11/h11H,2-9H2,1H3,(H,20,24). The summed E-state index contributed by atoms with van der Waals surface area (Å²) in [6.45, 7) is 1.93. The summed E-state index contributed by atoms with van der Waals surface area (Å²) in [7, 11) is 0. The Balaban J connectivity index is 1.57. The van der Waals surface area contributed by atoms with Crippen LogP contribution >= 0.6 is 11.3 Å². The van der Waals surface area contributed by atoms with Crippen LogP contribution < -0.4 is 5.32 Å². The van der Waals surface area contributed by atoms with Crippen molar-refractivity contribution < 1.29 is 4.79 Å². The Morgan fingerprint density at radius 1 is 1.16 bits per heavy atom. The molecule has 130 valence electrons. The van der Waals surface area contributed by atoms with E-state index in [0.717, 1.165) is 47.4 Å². The topological polar surface area (TPSA) is 72.2 Å². The van der Waals surface area contributed by atoms with Gasteiger partial charge in [0, 0.05) is 10.9 Å². The number of rotatable bonds is 2. The largest absolute Gasteiger partial charge is 0.347 e. The summed E-state index contributed by atoms with van der Waals surface area (Å²) < 4.78 is 1.74. The van der Waals surface area contributed by atoms with Crippen molar-refractivity contribution in [1.29, 1.82) is 0 Å². The molecular weight excluding hydrogens is 334 g/mol. The highest BCUT2D eigenvalue weighted by atomic mass is 32.1. The molecule has 1 N–H and O–H groups in total. The third-order valence-corrected chi connectivity index (χ3v) is 6.63. The Morgan fingerprint density at radius 2 is 2.00 bits per heavy atom. The van der Waals surface area contributed by atoms with Crippen LogP contribution in [0.4, 0.5) is 0 Å². The summed E-state index contributed by atoms with van der Waals surface area (Å²) in [6.07, 6.45) is 9.16. The second-order valence-corrected chi connectivity index (χ2v) is 8.26. The lowest BCUT2D eigenvalue weighted by Crippen LogP contribution is -2.36. The van der Waals surface area contributed by atoms with Crippen LogP contribution in [-0.4, -0.2) is 31.5 Å². The van der Waals surface area contributed by atoms with E-state index in [1.165, 1.54) is 36.1 Å². The SMILES string of the molecule is Cc1nc2sc3c(c2c2nc(C(=O)NC4CCCCC4)nn12)CCC3. The number of nitrogens with zero attached hydrogens (tertiary/aromatic N) is 4. The summed E-state index contributed by atoms with van der Waals surface area (Å²) in [4.78, 5) is 24.4. The number of hydrogen-bond acceptors (Lipinski definition) is 5. The molecule has 0 saturated heterocycles. The third kappa shape index (κ3) is 2.44. The molecule has 0 atom stereocenters. The zero-order valence-corrected chi connectivity index (χ0v) is 15.2. The van der Waals surface area contributed by atoms with Crippen molar-refractivity contribution >= 4 is 33.1 Å². The van der Waals surface area contributed by atoms with Gasteiger partial charge < -0.3 is 5.32 Å². The van der Waals surface area contributed by atoms with Gasteiger partial charge in [0.05, 0.1) is 5.39 Å². The van der Waals surface area contributed by atoms with Crippen LogP contribution in [0.15, 0.2) is 0 Å². The zero-order valence-electron chi connectivity index (χ0n) is 14.3. The Labute approximate surface area is 149 Å². The van der Waals surface area contributed by atoms with E-state index in [1.54, 1.807) is 15.9 Å². The van der Waals surface area contributed by atoms with Gasteiger partial charge >= 0.3 is 0 Å². The number of hydrogen-bond donors (Lipinski definition) is 1. The smallest absolute Gasteiger partial charge is 0.291 e. The molecule has 25 heavy (non-hydrogen) atoms. The molecule has 0 radical (unpaired) electrons. The molecule has 3 heterocycles. The monoisotopic (exact) mass is 355 g/mol. The molecule has 0 spiro atoms. The number of carbonyl (C=O) groups is 1. The number of amides is 1. The molecule has 7 heteroatoms. The van der Waals surface area contributed by atoms with Gasteiger partial charge in [0.25, 0.3) is 5.91 Å². The van der Waals surface area contributed by atoms with E-state index in [9.17, 15) is 4.79 Å². The first-order valence-electron chi connectivity index (χ1n) is 9.19. The number of thiophene rings is 1. The van der Waals surface area contributed by atoms with Gasteiger partial charge in [0.2, 0.25) is 5.82 Å². The van der Waals surface area contributed by atoms with Gasteiger partial charge in [-0.15, -0.1) is 16.4 Å². The van der Waals surface area contributed by atoms with Crippen molar-refractivity contribution in [3.63, 3.8) is 0 Å². The fourth-order valence-corrected chi connectivity index (χ4v) is 5.49. The quantitative estimate of drug-likeness (QED) is 0.766. The Bertz CT molecular complexity index is 983. The maximum absolute atomic E-state index is 12.6. The van der Waals surface area contributed by atoms with Crippen LogP contribution in [0.3, 0.4) is 0 Å². The van der Waals surface area contributed by atoms with Gasteiger partial charge in [-0.25, -0.2) is 9.97 Å². The minimum absolute atomic E-state index is 0.157. The van der Waals surface area contributed by atoms with Crippen LogP contribution in [0.5, 0.6) is 0 Å². The van der Waals surface area contributed by atoms with Crippen molar-refractivity contribution in [2.45, 2.75) is 64.3 Å². The number of fused-ring (bicyclic) bond motifs is 5. The van der Waals surface area contributed by atoms with E-state index in [2.05, 4.69) is 15.4 Å². The first-order chi connectivity index (χ1) is 12.2. The number of carbonyl (C=O) groups excluding carboxylic acids is 1. The Kier molecular flexibility index (Phi) is 3.51. The molecule has 0 aromatic carbocycles. The van der Waals surface area contributed by atoms with Gasteiger partial charge in [0.15, 0.2) is 5.65 Å². The lowest BCUT2D eigenvalue weighted by atomic mass is 9.95. The Morgan fingerprint density at radius 3 is 2.84 bits per heavy atom. The van der Waals surface area contributed by atoms with Crippen molar-refractivity contribution in [2.24, 2.45) is 0 Å². The highest BCUT2D eigenvalue weighted by molar-refractivity contribution is 7.19. The van der Waals surface area contributed by atoms with Crippen molar-refractivity contribution in [3.8, 4) is 0 Å². The van der Waals surface area contributed by atoms with Crippen LogP contribution in [0.2, 0.25) is 0 Å². The molecule has 3 aromatic heterocycles. The highest BCUT2D eigenvalue weighted by Gasteiger charge is 2.25. The predicted octanol–water partition coefficient (Wildman–Crippen LogP) is 3.20. The number of nitrogens with one attached hydrogen (secondary N) is 1. The summed E-state index contributed by atoms with van der Waals surface area (Å²) in [5.74, 6) is 0.891. The first kappa shape index (κ1) is 15.3.